The van der Waals surface area contributed by atoms with Gasteiger partial charge in [-0.25, -0.2) is 0 Å². The first-order valence-corrected chi connectivity index (χ1v) is 5.29. The van der Waals surface area contributed by atoms with Crippen LogP contribution in [-0.4, -0.2) is 26.2 Å². The van der Waals surface area contributed by atoms with E-state index < -0.39 is 0 Å². The van der Waals surface area contributed by atoms with Gasteiger partial charge >= 0.3 is 0 Å². The average molecular weight is 203 g/mol. The summed E-state index contributed by atoms with van der Waals surface area (Å²) < 4.78 is 0. The fourth-order valence-electron chi connectivity index (χ4n) is 1.97. The van der Waals surface area contributed by atoms with Crippen LogP contribution >= 0.6 is 0 Å². The second kappa shape index (κ2) is 4.36. The highest BCUT2D eigenvalue weighted by molar-refractivity contribution is 5.76. The summed E-state index contributed by atoms with van der Waals surface area (Å²) in [6.07, 6.45) is 1.84. The van der Waals surface area contributed by atoms with Crippen molar-refractivity contribution in [1.82, 2.24) is 5.32 Å². The molecule has 0 atom stereocenters. The molecule has 0 radical (unpaired) electrons. The SMILES string of the molecule is C=Cc1c(N)cccc1N1CCNCC1. The van der Waals surface area contributed by atoms with Gasteiger partial charge in [-0.15, -0.1) is 0 Å². The fraction of sp³-hybridized carbons (Fsp3) is 0.333. The number of hydrogen-bond donors (Lipinski definition) is 2. The van der Waals surface area contributed by atoms with Crippen LogP contribution in [0.25, 0.3) is 6.08 Å². The number of hydrogen-bond acceptors (Lipinski definition) is 3. The Bertz CT molecular complexity index is 354. The molecule has 3 heteroatoms. The van der Waals surface area contributed by atoms with Crippen molar-refractivity contribution in [3.8, 4) is 0 Å². The lowest BCUT2D eigenvalue weighted by molar-refractivity contribution is 0.589. The van der Waals surface area contributed by atoms with Gasteiger partial charge in [0, 0.05) is 43.1 Å². The third kappa shape index (κ3) is 1.97. The van der Waals surface area contributed by atoms with E-state index in [9.17, 15) is 0 Å². The molecule has 0 bridgehead atoms. The number of anilines is 2. The maximum atomic E-state index is 5.93. The van der Waals surface area contributed by atoms with Gasteiger partial charge < -0.3 is 16.0 Å². The topological polar surface area (TPSA) is 41.3 Å². The monoisotopic (exact) mass is 203 g/mol. The molecule has 1 aliphatic heterocycles. The number of nitrogens with two attached hydrogens (primary N) is 1. The molecule has 1 aromatic carbocycles. The second-order valence-electron chi connectivity index (χ2n) is 3.72. The molecule has 0 aliphatic carbocycles. The number of nitrogens with zero attached hydrogens (tertiary/aromatic N) is 1. The van der Waals surface area contributed by atoms with Gasteiger partial charge in [0.05, 0.1) is 0 Å². The Hall–Kier alpha value is -1.48. The molecule has 1 fully saturated rings. The Morgan fingerprint density at radius 3 is 2.73 bits per heavy atom. The molecule has 0 saturated carbocycles. The molecular weight excluding hydrogens is 186 g/mol. The van der Waals surface area contributed by atoms with E-state index in [2.05, 4.69) is 22.9 Å². The number of rotatable bonds is 2. The molecule has 0 amide bonds. The largest absolute Gasteiger partial charge is 0.398 e. The molecule has 1 heterocycles. The van der Waals surface area contributed by atoms with Crippen LogP contribution in [0.3, 0.4) is 0 Å². The Balaban J connectivity index is 2.33. The molecule has 1 aromatic rings. The third-order valence-corrected chi connectivity index (χ3v) is 2.78. The molecule has 15 heavy (non-hydrogen) atoms. The highest BCUT2D eigenvalue weighted by Crippen LogP contribution is 2.26. The minimum Gasteiger partial charge on any atom is -0.398 e. The van der Waals surface area contributed by atoms with E-state index in [4.69, 9.17) is 5.73 Å². The Morgan fingerprint density at radius 2 is 2.07 bits per heavy atom. The zero-order valence-corrected chi connectivity index (χ0v) is 8.87. The predicted molar refractivity (Wildman–Crippen MR) is 66.0 cm³/mol. The Kier molecular flexibility index (Phi) is 2.92. The van der Waals surface area contributed by atoms with Crippen molar-refractivity contribution in [2.24, 2.45) is 0 Å². The van der Waals surface area contributed by atoms with Crippen molar-refractivity contribution in [3.63, 3.8) is 0 Å². The predicted octanol–water partition coefficient (Wildman–Crippen LogP) is 1.32. The molecule has 1 saturated heterocycles. The average Bonchev–Trinajstić information content (AvgIpc) is 2.30. The molecule has 1 aliphatic rings. The van der Waals surface area contributed by atoms with Crippen molar-refractivity contribution in [1.29, 1.82) is 0 Å². The summed E-state index contributed by atoms with van der Waals surface area (Å²) in [6.45, 7) is 7.96. The first-order chi connectivity index (χ1) is 7.33. The molecular formula is C12H17N3. The van der Waals surface area contributed by atoms with E-state index in [0.717, 1.165) is 37.4 Å². The number of benzene rings is 1. The van der Waals surface area contributed by atoms with Gasteiger partial charge in [-0.2, -0.15) is 0 Å². The first kappa shape index (κ1) is 10.1. The maximum Gasteiger partial charge on any atom is 0.0461 e. The van der Waals surface area contributed by atoms with Crippen molar-refractivity contribution >= 4 is 17.5 Å². The van der Waals surface area contributed by atoms with E-state index in [1.807, 2.05) is 18.2 Å². The lowest BCUT2D eigenvalue weighted by Crippen LogP contribution is -2.43. The van der Waals surface area contributed by atoms with Gasteiger partial charge in [-0.3, -0.25) is 0 Å². The summed E-state index contributed by atoms with van der Waals surface area (Å²) in [4.78, 5) is 2.35. The van der Waals surface area contributed by atoms with E-state index in [1.54, 1.807) is 0 Å². The Labute approximate surface area is 90.6 Å². The first-order valence-electron chi connectivity index (χ1n) is 5.29. The quantitative estimate of drug-likeness (QED) is 0.712. The van der Waals surface area contributed by atoms with Crippen LogP contribution in [-0.2, 0) is 0 Å². The van der Waals surface area contributed by atoms with Gasteiger partial charge in [-0.05, 0) is 12.1 Å². The van der Waals surface area contributed by atoms with Crippen LogP contribution in [0.15, 0.2) is 24.8 Å². The third-order valence-electron chi connectivity index (χ3n) is 2.78. The van der Waals surface area contributed by atoms with Crippen LogP contribution in [0.1, 0.15) is 5.56 Å². The van der Waals surface area contributed by atoms with Crippen LogP contribution < -0.4 is 16.0 Å². The smallest absolute Gasteiger partial charge is 0.0461 e. The molecule has 3 nitrogen and oxygen atoms in total. The number of nitrogen functional groups attached to an aromatic ring is 1. The molecule has 0 aromatic heterocycles. The van der Waals surface area contributed by atoms with Crippen LogP contribution in [0, 0.1) is 0 Å². The van der Waals surface area contributed by atoms with Crippen LogP contribution in [0.4, 0.5) is 11.4 Å². The summed E-state index contributed by atoms with van der Waals surface area (Å²) in [5.41, 5.74) is 8.99. The lowest BCUT2D eigenvalue weighted by atomic mass is 10.1. The zero-order valence-electron chi connectivity index (χ0n) is 8.87. The summed E-state index contributed by atoms with van der Waals surface area (Å²) in [6, 6.07) is 6.03. The summed E-state index contributed by atoms with van der Waals surface area (Å²) in [7, 11) is 0. The van der Waals surface area contributed by atoms with Crippen molar-refractivity contribution in [2.75, 3.05) is 36.8 Å². The van der Waals surface area contributed by atoms with Gasteiger partial charge in [0.15, 0.2) is 0 Å². The summed E-state index contributed by atoms with van der Waals surface area (Å²) >= 11 is 0. The molecule has 0 unspecified atom stereocenters. The van der Waals surface area contributed by atoms with Crippen LogP contribution in [0.5, 0.6) is 0 Å². The van der Waals surface area contributed by atoms with E-state index in [-0.39, 0.29) is 0 Å². The molecule has 3 N–H and O–H groups in total. The van der Waals surface area contributed by atoms with Crippen molar-refractivity contribution < 1.29 is 0 Å². The number of piperazine rings is 1. The molecule has 0 spiro atoms. The standard InChI is InChI=1S/C12H17N3/c1-2-10-11(13)4-3-5-12(10)15-8-6-14-7-9-15/h2-5,14H,1,6-9,13H2. The minimum absolute atomic E-state index is 0.807. The van der Waals surface area contributed by atoms with Gasteiger partial charge in [0.1, 0.15) is 0 Å². The second-order valence-corrected chi connectivity index (χ2v) is 3.72. The minimum atomic E-state index is 0.807. The lowest BCUT2D eigenvalue weighted by Gasteiger charge is -2.31. The fourth-order valence-corrected chi connectivity index (χ4v) is 1.97. The van der Waals surface area contributed by atoms with Crippen molar-refractivity contribution in [2.45, 2.75) is 0 Å². The van der Waals surface area contributed by atoms with E-state index in [1.165, 1.54) is 5.69 Å². The molecule has 80 valence electrons. The summed E-state index contributed by atoms with van der Waals surface area (Å²) in [5.74, 6) is 0. The molecule has 2 rings (SSSR count). The van der Waals surface area contributed by atoms with Crippen LogP contribution in [0.2, 0.25) is 0 Å². The van der Waals surface area contributed by atoms with Gasteiger partial charge in [0.25, 0.3) is 0 Å². The zero-order chi connectivity index (χ0) is 10.7. The van der Waals surface area contributed by atoms with Gasteiger partial charge in [0.2, 0.25) is 0 Å². The summed E-state index contributed by atoms with van der Waals surface area (Å²) in [5, 5.41) is 3.34. The highest BCUT2D eigenvalue weighted by atomic mass is 15.2. The van der Waals surface area contributed by atoms with Crippen molar-refractivity contribution in [3.05, 3.63) is 30.3 Å². The normalized spacial score (nSPS) is 16.4. The Morgan fingerprint density at radius 1 is 1.33 bits per heavy atom. The van der Waals surface area contributed by atoms with E-state index >= 15 is 0 Å². The van der Waals surface area contributed by atoms with E-state index in [0.29, 0.717) is 0 Å². The van der Waals surface area contributed by atoms with Gasteiger partial charge in [-0.1, -0.05) is 18.7 Å². The number of nitrogens with one attached hydrogen (secondary N) is 1. The maximum absolute atomic E-state index is 5.93. The highest BCUT2D eigenvalue weighted by Gasteiger charge is 2.13.